The molecular formula is C14H19N3O2. The van der Waals surface area contributed by atoms with Crippen LogP contribution in [-0.2, 0) is 0 Å². The van der Waals surface area contributed by atoms with E-state index in [0.29, 0.717) is 6.54 Å². The number of anilines is 1. The zero-order valence-corrected chi connectivity index (χ0v) is 11.0. The summed E-state index contributed by atoms with van der Waals surface area (Å²) in [5.74, 6) is 0.760. The summed E-state index contributed by atoms with van der Waals surface area (Å²) >= 11 is 0. The van der Waals surface area contributed by atoms with Crippen molar-refractivity contribution in [1.82, 2.24) is 4.90 Å². The second-order valence-corrected chi connectivity index (χ2v) is 5.23. The molecule has 1 fully saturated rings. The first-order valence-corrected chi connectivity index (χ1v) is 6.95. The Kier molecular flexibility index (Phi) is 3.64. The molecule has 5 nitrogen and oxygen atoms in total. The first kappa shape index (κ1) is 12.4. The van der Waals surface area contributed by atoms with Crippen LogP contribution >= 0.6 is 0 Å². The molecule has 0 N–H and O–H groups in total. The summed E-state index contributed by atoms with van der Waals surface area (Å²) in [5, 5.41) is 4.62. The summed E-state index contributed by atoms with van der Waals surface area (Å²) < 4.78 is 5.98. The van der Waals surface area contributed by atoms with E-state index in [1.165, 1.54) is 24.3 Å². The second kappa shape index (κ2) is 5.57. The smallest absolute Gasteiger partial charge is 0.145 e. The lowest BCUT2D eigenvalue weighted by atomic mass is 10.1. The quantitative estimate of drug-likeness (QED) is 0.784. The Hall–Kier alpha value is -1.62. The number of fused-ring (bicyclic) bond motifs is 1. The highest BCUT2D eigenvalue weighted by Gasteiger charge is 2.28. The fourth-order valence-corrected chi connectivity index (χ4v) is 2.88. The third-order valence-corrected chi connectivity index (χ3v) is 3.82. The van der Waals surface area contributed by atoms with Crippen molar-refractivity contribution >= 4 is 5.69 Å². The average Bonchev–Trinajstić information content (AvgIpc) is 2.47. The van der Waals surface area contributed by atoms with Crippen LogP contribution in [0.25, 0.3) is 0 Å². The third-order valence-electron chi connectivity index (χ3n) is 3.82. The molecule has 0 radical (unpaired) electrons. The van der Waals surface area contributed by atoms with Crippen molar-refractivity contribution in [3.8, 4) is 5.75 Å². The molecule has 102 valence electrons. The van der Waals surface area contributed by atoms with Gasteiger partial charge in [0.1, 0.15) is 17.5 Å². The predicted molar refractivity (Wildman–Crippen MR) is 74.3 cm³/mol. The van der Waals surface area contributed by atoms with Gasteiger partial charge in [0.05, 0.1) is 11.8 Å². The molecule has 1 saturated heterocycles. The summed E-state index contributed by atoms with van der Waals surface area (Å²) in [6, 6.07) is 7.58. The molecule has 1 atom stereocenters. The number of likely N-dealkylation sites (tertiary alicyclic amines) is 1. The number of ether oxygens (including phenoxy) is 1. The molecular weight excluding hydrogens is 242 g/mol. The van der Waals surface area contributed by atoms with Crippen LogP contribution in [0.4, 0.5) is 5.69 Å². The Morgan fingerprint density at radius 2 is 2.00 bits per heavy atom. The largest absolute Gasteiger partial charge is 0.485 e. The molecule has 5 heteroatoms. The monoisotopic (exact) mass is 261 g/mol. The minimum Gasteiger partial charge on any atom is -0.485 e. The van der Waals surface area contributed by atoms with Gasteiger partial charge < -0.3 is 4.74 Å². The standard InChI is InChI=1S/C14H19N3O2/c18-15-17-11-12(10-16-8-4-1-5-9-16)19-14-7-3-2-6-13(14)17/h2-3,6-7,12H,1,4-5,8-11H2. The van der Waals surface area contributed by atoms with E-state index in [9.17, 15) is 4.91 Å². The van der Waals surface area contributed by atoms with Crippen molar-refractivity contribution in [2.75, 3.05) is 31.2 Å². The van der Waals surface area contributed by atoms with Gasteiger partial charge in [-0.15, -0.1) is 4.91 Å². The van der Waals surface area contributed by atoms with E-state index >= 15 is 0 Å². The van der Waals surface area contributed by atoms with Crippen LogP contribution in [0.15, 0.2) is 29.6 Å². The molecule has 0 bridgehead atoms. The van der Waals surface area contributed by atoms with E-state index in [0.717, 1.165) is 31.1 Å². The fourth-order valence-electron chi connectivity index (χ4n) is 2.88. The molecule has 1 aromatic rings. The lowest BCUT2D eigenvalue weighted by Gasteiger charge is -2.35. The maximum atomic E-state index is 11.0. The van der Waals surface area contributed by atoms with Crippen LogP contribution < -0.4 is 9.75 Å². The SMILES string of the molecule is O=NN1CC(CN2CCCCC2)Oc2ccccc21. The second-order valence-electron chi connectivity index (χ2n) is 5.23. The average molecular weight is 261 g/mol. The van der Waals surface area contributed by atoms with Crippen molar-refractivity contribution in [1.29, 1.82) is 0 Å². The molecule has 0 saturated carbocycles. The van der Waals surface area contributed by atoms with Gasteiger partial charge in [0.25, 0.3) is 0 Å². The van der Waals surface area contributed by atoms with Gasteiger partial charge in [-0.25, -0.2) is 5.01 Å². The summed E-state index contributed by atoms with van der Waals surface area (Å²) in [6.07, 6.45) is 3.87. The van der Waals surface area contributed by atoms with Crippen molar-refractivity contribution in [3.63, 3.8) is 0 Å². The number of nitroso groups, excluding NO2 is 1. The number of hydrogen-bond acceptors (Lipinski definition) is 4. The normalized spacial score (nSPS) is 23.6. The van der Waals surface area contributed by atoms with E-state index in [2.05, 4.69) is 10.2 Å². The lowest BCUT2D eigenvalue weighted by Crippen LogP contribution is -2.46. The molecule has 0 spiro atoms. The van der Waals surface area contributed by atoms with Crippen LogP contribution in [0.3, 0.4) is 0 Å². The zero-order chi connectivity index (χ0) is 13.1. The molecule has 2 heterocycles. The van der Waals surface area contributed by atoms with Crippen LogP contribution in [0.1, 0.15) is 19.3 Å². The van der Waals surface area contributed by atoms with Crippen LogP contribution in [-0.4, -0.2) is 37.2 Å². The van der Waals surface area contributed by atoms with Crippen LogP contribution in [0.2, 0.25) is 0 Å². The van der Waals surface area contributed by atoms with Crippen molar-refractivity contribution in [2.45, 2.75) is 25.4 Å². The van der Waals surface area contributed by atoms with Crippen LogP contribution in [0, 0.1) is 4.91 Å². The van der Waals surface area contributed by atoms with Crippen LogP contribution in [0.5, 0.6) is 5.75 Å². The van der Waals surface area contributed by atoms with Gasteiger partial charge in [0.15, 0.2) is 0 Å². The number of nitrogens with zero attached hydrogens (tertiary/aromatic N) is 3. The van der Waals surface area contributed by atoms with E-state index in [1.54, 1.807) is 0 Å². The Labute approximate surface area is 113 Å². The molecule has 0 amide bonds. The fraction of sp³-hybridized carbons (Fsp3) is 0.571. The number of rotatable bonds is 3. The zero-order valence-electron chi connectivity index (χ0n) is 11.0. The van der Waals surface area contributed by atoms with Gasteiger partial charge in [-0.1, -0.05) is 18.6 Å². The maximum Gasteiger partial charge on any atom is 0.145 e. The van der Waals surface area contributed by atoms with Gasteiger partial charge in [-0.2, -0.15) is 0 Å². The van der Waals surface area contributed by atoms with E-state index in [1.807, 2.05) is 24.3 Å². The van der Waals surface area contributed by atoms with Crippen molar-refractivity contribution in [3.05, 3.63) is 29.2 Å². The van der Waals surface area contributed by atoms with E-state index < -0.39 is 0 Å². The Bertz CT molecular complexity index is 446. The van der Waals surface area contributed by atoms with Gasteiger partial charge in [0, 0.05) is 6.54 Å². The minimum absolute atomic E-state index is 0.0192. The molecule has 0 aliphatic carbocycles. The van der Waals surface area contributed by atoms with Gasteiger partial charge in [-0.05, 0) is 38.1 Å². The highest BCUT2D eigenvalue weighted by atomic mass is 16.5. The summed E-state index contributed by atoms with van der Waals surface area (Å²) in [4.78, 5) is 13.4. The lowest BCUT2D eigenvalue weighted by molar-refractivity contribution is 0.116. The molecule has 19 heavy (non-hydrogen) atoms. The highest BCUT2D eigenvalue weighted by molar-refractivity contribution is 5.59. The first-order valence-electron chi connectivity index (χ1n) is 6.95. The Balaban J connectivity index is 1.70. The van der Waals surface area contributed by atoms with E-state index in [-0.39, 0.29) is 6.10 Å². The van der Waals surface area contributed by atoms with Gasteiger partial charge in [0.2, 0.25) is 0 Å². The Morgan fingerprint density at radius 3 is 2.79 bits per heavy atom. The van der Waals surface area contributed by atoms with Gasteiger partial charge >= 0.3 is 0 Å². The molecule has 2 aliphatic heterocycles. The number of hydrogen-bond donors (Lipinski definition) is 0. The first-order chi connectivity index (χ1) is 9.36. The molecule has 1 aromatic carbocycles. The highest BCUT2D eigenvalue weighted by Crippen LogP contribution is 2.33. The third kappa shape index (κ3) is 2.71. The number of benzene rings is 1. The molecule has 0 aromatic heterocycles. The number of para-hydroxylation sites is 2. The summed E-state index contributed by atoms with van der Waals surface area (Å²) in [5.41, 5.74) is 0.771. The number of piperidine rings is 1. The summed E-state index contributed by atoms with van der Waals surface area (Å²) in [6.45, 7) is 3.68. The summed E-state index contributed by atoms with van der Waals surface area (Å²) in [7, 11) is 0. The van der Waals surface area contributed by atoms with E-state index in [4.69, 9.17) is 4.74 Å². The molecule has 1 unspecified atom stereocenters. The molecule has 2 aliphatic rings. The Morgan fingerprint density at radius 1 is 1.21 bits per heavy atom. The van der Waals surface area contributed by atoms with Gasteiger partial charge in [-0.3, -0.25) is 4.90 Å². The molecule has 3 rings (SSSR count). The van der Waals surface area contributed by atoms with Crippen molar-refractivity contribution < 1.29 is 4.74 Å². The van der Waals surface area contributed by atoms with Crippen molar-refractivity contribution in [2.24, 2.45) is 5.29 Å². The minimum atomic E-state index is 0.0192. The maximum absolute atomic E-state index is 11.0. The topological polar surface area (TPSA) is 45.1 Å². The predicted octanol–water partition coefficient (Wildman–Crippen LogP) is 2.42.